The molecular formula is C21H12BrF2N3. The molecule has 0 N–H and O–H groups in total. The highest BCUT2D eigenvalue weighted by molar-refractivity contribution is 9.10. The van der Waals surface area contributed by atoms with E-state index >= 15 is 0 Å². The summed E-state index contributed by atoms with van der Waals surface area (Å²) in [6.45, 7) is 0. The van der Waals surface area contributed by atoms with Crippen molar-refractivity contribution in [2.75, 3.05) is 0 Å². The summed E-state index contributed by atoms with van der Waals surface area (Å²) in [5.74, 6) is -0.296. The molecule has 0 amide bonds. The van der Waals surface area contributed by atoms with Crippen LogP contribution in [0.1, 0.15) is 0 Å². The fourth-order valence-corrected chi connectivity index (χ4v) is 3.13. The van der Waals surface area contributed by atoms with E-state index in [4.69, 9.17) is 0 Å². The van der Waals surface area contributed by atoms with Crippen molar-refractivity contribution in [1.29, 1.82) is 0 Å². The van der Waals surface area contributed by atoms with E-state index in [0.29, 0.717) is 11.4 Å². The zero-order valence-corrected chi connectivity index (χ0v) is 15.5. The van der Waals surface area contributed by atoms with Gasteiger partial charge in [0.15, 0.2) is 17.5 Å². The molecule has 0 fully saturated rings. The van der Waals surface area contributed by atoms with Gasteiger partial charge in [-0.15, -0.1) is 0 Å². The highest BCUT2D eigenvalue weighted by atomic mass is 79.9. The summed E-state index contributed by atoms with van der Waals surface area (Å²) in [4.78, 5) is 13.2. The van der Waals surface area contributed by atoms with Crippen LogP contribution < -0.4 is 0 Å². The van der Waals surface area contributed by atoms with Crippen LogP contribution in [0.4, 0.5) is 8.78 Å². The molecule has 4 aromatic rings. The lowest BCUT2D eigenvalue weighted by Gasteiger charge is -2.10. The molecule has 0 aliphatic rings. The normalized spacial score (nSPS) is 10.8. The Hall–Kier alpha value is -2.99. The fraction of sp³-hybridized carbons (Fsp3) is 0. The van der Waals surface area contributed by atoms with Crippen molar-refractivity contribution in [2.24, 2.45) is 0 Å². The summed E-state index contributed by atoms with van der Waals surface area (Å²) >= 11 is 3.47. The predicted molar refractivity (Wildman–Crippen MR) is 104 cm³/mol. The summed E-state index contributed by atoms with van der Waals surface area (Å²) < 4.78 is 29.4. The van der Waals surface area contributed by atoms with Crippen molar-refractivity contribution in [3.63, 3.8) is 0 Å². The van der Waals surface area contributed by atoms with Gasteiger partial charge in [-0.1, -0.05) is 58.4 Å². The molecule has 4 rings (SSSR count). The number of rotatable bonds is 3. The number of benzene rings is 3. The van der Waals surface area contributed by atoms with Crippen LogP contribution in [-0.4, -0.2) is 15.0 Å². The summed E-state index contributed by atoms with van der Waals surface area (Å²) in [7, 11) is 0. The van der Waals surface area contributed by atoms with E-state index in [1.54, 1.807) is 36.4 Å². The van der Waals surface area contributed by atoms with Crippen molar-refractivity contribution in [3.8, 4) is 34.2 Å². The number of nitrogens with zero attached hydrogens (tertiary/aromatic N) is 3. The average molecular weight is 424 g/mol. The predicted octanol–water partition coefficient (Wildman–Crippen LogP) is 5.91. The molecule has 0 saturated heterocycles. The molecular weight excluding hydrogens is 412 g/mol. The van der Waals surface area contributed by atoms with Crippen molar-refractivity contribution >= 4 is 15.9 Å². The smallest absolute Gasteiger partial charge is 0.167 e. The average Bonchev–Trinajstić information content (AvgIpc) is 2.69. The van der Waals surface area contributed by atoms with Crippen LogP contribution in [-0.2, 0) is 0 Å². The molecule has 0 radical (unpaired) electrons. The Morgan fingerprint density at radius 3 is 1.33 bits per heavy atom. The first-order valence-corrected chi connectivity index (χ1v) is 8.93. The Bertz CT molecular complexity index is 978. The maximum absolute atomic E-state index is 14.3. The van der Waals surface area contributed by atoms with Gasteiger partial charge >= 0.3 is 0 Å². The minimum Gasteiger partial charge on any atom is -0.208 e. The standard InChI is InChI=1S/C21H12BrF2N3/c22-16-10-4-1-7-13(16)19-25-20(14-8-2-5-11-17(14)23)27-21(26-19)15-9-3-6-12-18(15)24/h1-12H. The van der Waals surface area contributed by atoms with Gasteiger partial charge in [-0.05, 0) is 30.3 Å². The maximum atomic E-state index is 14.3. The number of hydrogen-bond donors (Lipinski definition) is 0. The van der Waals surface area contributed by atoms with Gasteiger partial charge in [-0.3, -0.25) is 0 Å². The van der Waals surface area contributed by atoms with Gasteiger partial charge in [0.1, 0.15) is 11.6 Å². The molecule has 1 heterocycles. The Morgan fingerprint density at radius 2 is 0.889 bits per heavy atom. The van der Waals surface area contributed by atoms with E-state index in [9.17, 15) is 8.78 Å². The fourth-order valence-electron chi connectivity index (χ4n) is 2.66. The molecule has 27 heavy (non-hydrogen) atoms. The molecule has 0 bridgehead atoms. The van der Waals surface area contributed by atoms with Gasteiger partial charge in [0, 0.05) is 10.0 Å². The maximum Gasteiger partial charge on any atom is 0.167 e. The van der Waals surface area contributed by atoms with E-state index in [0.717, 1.165) is 4.47 Å². The number of hydrogen-bond acceptors (Lipinski definition) is 3. The molecule has 0 saturated carbocycles. The van der Waals surface area contributed by atoms with Crippen LogP contribution in [0.2, 0.25) is 0 Å². The zero-order chi connectivity index (χ0) is 18.8. The Morgan fingerprint density at radius 1 is 0.519 bits per heavy atom. The topological polar surface area (TPSA) is 38.7 Å². The molecule has 0 atom stereocenters. The molecule has 1 aromatic heterocycles. The van der Waals surface area contributed by atoms with Crippen molar-refractivity contribution in [1.82, 2.24) is 15.0 Å². The SMILES string of the molecule is Fc1ccccc1-c1nc(-c2ccccc2F)nc(-c2ccccc2Br)n1. The highest BCUT2D eigenvalue weighted by Crippen LogP contribution is 2.30. The van der Waals surface area contributed by atoms with Crippen LogP contribution in [0.3, 0.4) is 0 Å². The highest BCUT2D eigenvalue weighted by Gasteiger charge is 2.17. The van der Waals surface area contributed by atoms with Gasteiger partial charge < -0.3 is 0 Å². The van der Waals surface area contributed by atoms with E-state index in [1.165, 1.54) is 12.1 Å². The van der Waals surface area contributed by atoms with Crippen LogP contribution >= 0.6 is 15.9 Å². The zero-order valence-electron chi connectivity index (χ0n) is 13.9. The van der Waals surface area contributed by atoms with E-state index in [1.807, 2.05) is 24.3 Å². The quantitative estimate of drug-likeness (QED) is 0.410. The summed E-state index contributed by atoms with van der Waals surface area (Å²) in [5.41, 5.74) is 1.16. The van der Waals surface area contributed by atoms with E-state index in [-0.39, 0.29) is 22.8 Å². The number of halogens is 3. The lowest BCUT2D eigenvalue weighted by molar-refractivity contribution is 0.628. The summed E-state index contributed by atoms with van der Waals surface area (Å²) in [5, 5.41) is 0. The van der Waals surface area contributed by atoms with Crippen LogP contribution in [0.5, 0.6) is 0 Å². The first kappa shape index (κ1) is 17.4. The molecule has 0 aliphatic carbocycles. The van der Waals surface area contributed by atoms with Gasteiger partial charge in [-0.2, -0.15) is 0 Å². The van der Waals surface area contributed by atoms with Crippen LogP contribution in [0.15, 0.2) is 77.3 Å². The van der Waals surface area contributed by atoms with Crippen molar-refractivity contribution in [2.45, 2.75) is 0 Å². The minimum absolute atomic E-state index is 0.145. The first-order chi connectivity index (χ1) is 13.1. The third-order valence-corrected chi connectivity index (χ3v) is 4.67. The van der Waals surface area contributed by atoms with Gasteiger partial charge in [0.05, 0.1) is 11.1 Å². The second-order valence-electron chi connectivity index (χ2n) is 5.75. The molecule has 3 nitrogen and oxygen atoms in total. The monoisotopic (exact) mass is 423 g/mol. The Labute approximate surface area is 162 Å². The van der Waals surface area contributed by atoms with Crippen molar-refractivity contribution in [3.05, 3.63) is 88.9 Å². The second kappa shape index (κ2) is 7.32. The Balaban J connectivity index is 1.99. The van der Waals surface area contributed by atoms with E-state index in [2.05, 4.69) is 30.9 Å². The molecule has 0 aliphatic heterocycles. The molecule has 3 aromatic carbocycles. The molecule has 6 heteroatoms. The summed E-state index contributed by atoms with van der Waals surface area (Å²) in [6, 6.07) is 19.8. The van der Waals surface area contributed by atoms with Gasteiger partial charge in [0.2, 0.25) is 0 Å². The molecule has 132 valence electrons. The van der Waals surface area contributed by atoms with Gasteiger partial charge in [-0.25, -0.2) is 23.7 Å². The van der Waals surface area contributed by atoms with E-state index < -0.39 is 11.6 Å². The Kier molecular flexibility index (Phi) is 4.73. The third kappa shape index (κ3) is 3.48. The minimum atomic E-state index is -0.457. The second-order valence-corrected chi connectivity index (χ2v) is 6.60. The first-order valence-electron chi connectivity index (χ1n) is 8.14. The van der Waals surface area contributed by atoms with Crippen molar-refractivity contribution < 1.29 is 8.78 Å². The summed E-state index contributed by atoms with van der Waals surface area (Å²) in [6.07, 6.45) is 0. The van der Waals surface area contributed by atoms with Crippen LogP contribution in [0, 0.1) is 11.6 Å². The lowest BCUT2D eigenvalue weighted by atomic mass is 10.1. The lowest BCUT2D eigenvalue weighted by Crippen LogP contribution is -2.02. The van der Waals surface area contributed by atoms with Gasteiger partial charge in [0.25, 0.3) is 0 Å². The molecule has 0 spiro atoms. The number of aromatic nitrogens is 3. The largest absolute Gasteiger partial charge is 0.208 e. The third-order valence-electron chi connectivity index (χ3n) is 3.98. The molecule has 0 unspecified atom stereocenters. The van der Waals surface area contributed by atoms with Crippen LogP contribution in [0.25, 0.3) is 34.2 Å².